The fourth-order valence-corrected chi connectivity index (χ4v) is 4.18. The number of piperidine rings is 1. The van der Waals surface area contributed by atoms with Gasteiger partial charge in [-0.2, -0.15) is 18.3 Å². The van der Waals surface area contributed by atoms with Crippen LogP contribution < -0.4 is 5.32 Å². The Hall–Kier alpha value is -2.94. The molecule has 0 radical (unpaired) electrons. The second-order valence-electron chi connectivity index (χ2n) is 8.12. The molecular weight excluding hydrogens is 419 g/mol. The molecule has 1 fully saturated rings. The lowest BCUT2D eigenvalue weighted by atomic mass is 10.0. The number of carbonyl (C=O) groups excluding carboxylic acids is 1. The second-order valence-corrected chi connectivity index (χ2v) is 8.12. The van der Waals surface area contributed by atoms with Crippen molar-refractivity contribution in [3.63, 3.8) is 0 Å². The topological polar surface area (TPSA) is 63.1 Å². The third-order valence-electron chi connectivity index (χ3n) is 5.84. The zero-order valence-corrected chi connectivity index (χ0v) is 18.0. The van der Waals surface area contributed by atoms with Gasteiger partial charge in [0.2, 0.25) is 0 Å². The van der Waals surface area contributed by atoms with Crippen LogP contribution in [0.3, 0.4) is 0 Å². The van der Waals surface area contributed by atoms with Gasteiger partial charge in [-0.3, -0.25) is 9.48 Å². The molecule has 0 saturated carbocycles. The minimum atomic E-state index is -4.53. The van der Waals surface area contributed by atoms with E-state index in [1.165, 1.54) is 54.4 Å². The maximum absolute atomic E-state index is 13.6. The molecule has 3 heterocycles. The molecule has 0 bridgehead atoms. The Balaban J connectivity index is 1.59. The molecule has 1 saturated heterocycles. The van der Waals surface area contributed by atoms with Crippen LogP contribution in [0, 0.1) is 0 Å². The van der Waals surface area contributed by atoms with Crippen molar-refractivity contribution in [3.05, 3.63) is 47.7 Å². The number of alkyl halides is 3. The highest BCUT2D eigenvalue weighted by Crippen LogP contribution is 2.37. The van der Waals surface area contributed by atoms with Crippen LogP contribution in [0.1, 0.15) is 41.6 Å². The fraction of sp³-hybridized carbons (Fsp3) is 0.435. The van der Waals surface area contributed by atoms with Crippen molar-refractivity contribution in [1.82, 2.24) is 25.0 Å². The number of aromatic nitrogens is 3. The number of amides is 1. The molecule has 0 atom stereocenters. The Morgan fingerprint density at radius 1 is 1.16 bits per heavy atom. The summed E-state index contributed by atoms with van der Waals surface area (Å²) in [5, 5.41) is 7.57. The molecule has 6 nitrogen and oxygen atoms in total. The summed E-state index contributed by atoms with van der Waals surface area (Å²) >= 11 is 0. The summed E-state index contributed by atoms with van der Waals surface area (Å²) in [7, 11) is 1.65. The lowest BCUT2D eigenvalue weighted by Gasteiger charge is -2.26. The highest BCUT2D eigenvalue weighted by atomic mass is 19.4. The predicted octanol–water partition coefficient (Wildman–Crippen LogP) is 4.26. The number of aryl methyl sites for hydroxylation is 1. The normalized spacial score (nSPS) is 15.2. The molecule has 1 N–H and O–H groups in total. The number of nitrogens with one attached hydrogen (secondary N) is 1. The van der Waals surface area contributed by atoms with Gasteiger partial charge in [0.15, 0.2) is 5.65 Å². The average molecular weight is 445 g/mol. The quantitative estimate of drug-likeness (QED) is 0.576. The number of rotatable bonds is 6. The molecule has 1 aliphatic rings. The standard InChI is InChI=1S/C23H26F3N5O/c1-30-21-18(15-28-30)17(22(32)27-10-7-13-31-11-5-2-6-12-31)14-20(29-21)16-8-3-4-9-19(16)23(24,25)26/h3-4,8-9,14-15H,2,5-7,10-13H2,1H3,(H,27,32). The molecule has 0 unspecified atom stereocenters. The van der Waals surface area contributed by atoms with Crippen LogP contribution in [0.25, 0.3) is 22.3 Å². The van der Waals surface area contributed by atoms with E-state index in [0.717, 1.165) is 32.1 Å². The smallest absolute Gasteiger partial charge is 0.352 e. The second kappa shape index (κ2) is 9.28. The highest BCUT2D eigenvalue weighted by molar-refractivity contribution is 6.06. The van der Waals surface area contributed by atoms with E-state index in [9.17, 15) is 18.0 Å². The Morgan fingerprint density at radius 3 is 2.66 bits per heavy atom. The van der Waals surface area contributed by atoms with E-state index in [4.69, 9.17) is 0 Å². The number of hydrogen-bond donors (Lipinski definition) is 1. The molecule has 32 heavy (non-hydrogen) atoms. The van der Waals surface area contributed by atoms with Gasteiger partial charge in [-0.25, -0.2) is 4.98 Å². The van der Waals surface area contributed by atoms with Crippen molar-refractivity contribution in [3.8, 4) is 11.3 Å². The van der Waals surface area contributed by atoms with Crippen molar-refractivity contribution in [2.75, 3.05) is 26.2 Å². The van der Waals surface area contributed by atoms with Gasteiger partial charge in [-0.15, -0.1) is 0 Å². The minimum absolute atomic E-state index is 0.0674. The van der Waals surface area contributed by atoms with Gasteiger partial charge in [0.25, 0.3) is 5.91 Å². The molecule has 9 heteroatoms. The summed E-state index contributed by atoms with van der Waals surface area (Å²) in [6, 6.07) is 6.68. The Kier molecular flexibility index (Phi) is 6.45. The monoisotopic (exact) mass is 445 g/mol. The number of pyridine rings is 1. The fourth-order valence-electron chi connectivity index (χ4n) is 4.18. The maximum Gasteiger partial charge on any atom is 0.417 e. The van der Waals surface area contributed by atoms with Gasteiger partial charge in [-0.1, -0.05) is 24.6 Å². The zero-order valence-electron chi connectivity index (χ0n) is 18.0. The number of fused-ring (bicyclic) bond motifs is 1. The summed E-state index contributed by atoms with van der Waals surface area (Å²) in [4.78, 5) is 19.8. The van der Waals surface area contributed by atoms with Gasteiger partial charge in [0.05, 0.1) is 28.4 Å². The summed E-state index contributed by atoms with van der Waals surface area (Å²) in [6.45, 7) is 3.60. The Morgan fingerprint density at radius 2 is 1.91 bits per heavy atom. The molecule has 0 spiro atoms. The van der Waals surface area contributed by atoms with Gasteiger partial charge >= 0.3 is 6.18 Å². The van der Waals surface area contributed by atoms with Crippen molar-refractivity contribution in [2.24, 2.45) is 7.05 Å². The number of halogens is 3. The van der Waals surface area contributed by atoms with E-state index >= 15 is 0 Å². The molecule has 2 aromatic heterocycles. The first-order valence-corrected chi connectivity index (χ1v) is 10.8. The van der Waals surface area contributed by atoms with Gasteiger partial charge in [0.1, 0.15) is 0 Å². The predicted molar refractivity (Wildman–Crippen MR) is 116 cm³/mol. The van der Waals surface area contributed by atoms with Crippen molar-refractivity contribution < 1.29 is 18.0 Å². The molecule has 170 valence electrons. The molecule has 1 aromatic carbocycles. The van der Waals surface area contributed by atoms with Crippen LogP contribution in [0.15, 0.2) is 36.5 Å². The molecule has 4 rings (SSSR count). The summed E-state index contributed by atoms with van der Waals surface area (Å²) in [6.07, 6.45) is 1.50. The van der Waals surface area contributed by atoms with E-state index in [1.54, 1.807) is 7.05 Å². The molecule has 1 amide bonds. The van der Waals surface area contributed by atoms with Crippen molar-refractivity contribution >= 4 is 16.9 Å². The van der Waals surface area contributed by atoms with E-state index in [0.29, 0.717) is 17.6 Å². The molecular formula is C23H26F3N5O. The molecule has 3 aromatic rings. The van der Waals surface area contributed by atoms with Crippen LogP contribution in [0.5, 0.6) is 0 Å². The van der Waals surface area contributed by atoms with Crippen LogP contribution in [-0.2, 0) is 13.2 Å². The number of benzene rings is 1. The van der Waals surface area contributed by atoms with E-state index in [-0.39, 0.29) is 22.7 Å². The zero-order chi connectivity index (χ0) is 22.7. The summed E-state index contributed by atoms with van der Waals surface area (Å²) in [5.74, 6) is -0.338. The third kappa shape index (κ3) is 4.77. The highest BCUT2D eigenvalue weighted by Gasteiger charge is 2.34. The van der Waals surface area contributed by atoms with Gasteiger partial charge in [-0.05, 0) is 51.0 Å². The third-order valence-corrected chi connectivity index (χ3v) is 5.84. The Bertz CT molecular complexity index is 1100. The lowest BCUT2D eigenvalue weighted by molar-refractivity contribution is -0.137. The van der Waals surface area contributed by atoms with Crippen molar-refractivity contribution in [2.45, 2.75) is 31.9 Å². The summed E-state index contributed by atoms with van der Waals surface area (Å²) in [5.41, 5.74) is -0.136. The summed E-state index contributed by atoms with van der Waals surface area (Å²) < 4.78 is 42.1. The van der Waals surface area contributed by atoms with Crippen LogP contribution in [-0.4, -0.2) is 51.8 Å². The first-order chi connectivity index (χ1) is 15.3. The lowest BCUT2D eigenvalue weighted by Crippen LogP contribution is -2.33. The number of hydrogen-bond acceptors (Lipinski definition) is 4. The van der Waals surface area contributed by atoms with Crippen LogP contribution in [0.4, 0.5) is 13.2 Å². The maximum atomic E-state index is 13.6. The first-order valence-electron chi connectivity index (χ1n) is 10.8. The van der Waals surface area contributed by atoms with Crippen molar-refractivity contribution in [1.29, 1.82) is 0 Å². The van der Waals surface area contributed by atoms with E-state index < -0.39 is 11.7 Å². The molecule has 0 aliphatic carbocycles. The SMILES string of the molecule is Cn1ncc2c(C(=O)NCCCN3CCCCC3)cc(-c3ccccc3C(F)(F)F)nc21. The van der Waals surface area contributed by atoms with Gasteiger partial charge < -0.3 is 10.2 Å². The number of nitrogens with zero attached hydrogens (tertiary/aromatic N) is 4. The van der Waals surface area contributed by atoms with Crippen LogP contribution >= 0.6 is 0 Å². The van der Waals surface area contributed by atoms with Crippen LogP contribution in [0.2, 0.25) is 0 Å². The minimum Gasteiger partial charge on any atom is -0.352 e. The number of likely N-dealkylation sites (tertiary alicyclic amines) is 1. The first kappa shape index (κ1) is 22.3. The number of carbonyl (C=O) groups is 1. The molecule has 1 aliphatic heterocycles. The van der Waals surface area contributed by atoms with E-state index in [2.05, 4.69) is 20.3 Å². The average Bonchev–Trinajstić information content (AvgIpc) is 3.17. The Labute approximate surface area is 184 Å². The van der Waals surface area contributed by atoms with Gasteiger partial charge in [0, 0.05) is 19.2 Å². The largest absolute Gasteiger partial charge is 0.417 e. The van der Waals surface area contributed by atoms with E-state index in [1.807, 2.05) is 0 Å².